The zero-order chi connectivity index (χ0) is 26.7. The van der Waals surface area contributed by atoms with E-state index in [9.17, 15) is 23.1 Å². The number of hydrogen-bond acceptors (Lipinski definition) is 6. The van der Waals surface area contributed by atoms with E-state index in [1.807, 2.05) is 18.2 Å². The van der Waals surface area contributed by atoms with E-state index in [2.05, 4.69) is 20.0 Å². The average Bonchev–Trinajstić information content (AvgIpc) is 3.59. The molecule has 3 aromatic carbocycles. The van der Waals surface area contributed by atoms with Crippen LogP contribution in [0.1, 0.15) is 16.2 Å². The number of rotatable bonds is 9. The molecule has 5 aromatic rings. The zero-order valence-corrected chi connectivity index (χ0v) is 20.6. The van der Waals surface area contributed by atoms with Gasteiger partial charge in [0.1, 0.15) is 11.6 Å². The number of carbonyl (C=O) groups is 2. The summed E-state index contributed by atoms with van der Waals surface area (Å²) in [6, 6.07) is 20.8. The quantitative estimate of drug-likeness (QED) is 0.224. The number of sulfonamides is 1. The van der Waals surface area contributed by atoms with Crippen LogP contribution in [0.4, 0.5) is 5.69 Å². The lowest BCUT2D eigenvalue weighted by molar-refractivity contribution is -0.138. The molecule has 0 saturated carbocycles. The molecule has 38 heavy (non-hydrogen) atoms. The third-order valence-corrected chi connectivity index (χ3v) is 7.35. The largest absolute Gasteiger partial charge is 0.480 e. The van der Waals surface area contributed by atoms with Crippen LogP contribution in [0, 0.1) is 0 Å². The number of amides is 1. The Balaban J connectivity index is 1.25. The van der Waals surface area contributed by atoms with Crippen LogP contribution in [0.3, 0.4) is 0 Å². The number of aromatic amines is 1. The molecule has 2 aromatic heterocycles. The van der Waals surface area contributed by atoms with Gasteiger partial charge in [0, 0.05) is 29.4 Å². The number of aliphatic carboxylic acids is 1. The van der Waals surface area contributed by atoms with Crippen molar-refractivity contribution in [2.24, 2.45) is 0 Å². The number of carboxylic acids is 1. The summed E-state index contributed by atoms with van der Waals surface area (Å²) in [5.41, 5.74) is 3.23. The number of hydrogen-bond donors (Lipinski definition) is 4. The predicted molar refractivity (Wildman–Crippen MR) is 140 cm³/mol. The monoisotopic (exact) mass is 530 g/mol. The van der Waals surface area contributed by atoms with Crippen LogP contribution in [0.2, 0.25) is 0 Å². The molecule has 0 saturated heterocycles. The van der Waals surface area contributed by atoms with Gasteiger partial charge in [-0.25, -0.2) is 13.4 Å². The van der Waals surface area contributed by atoms with Crippen molar-refractivity contribution in [3.05, 3.63) is 103 Å². The summed E-state index contributed by atoms with van der Waals surface area (Å²) in [4.78, 5) is 30.7. The van der Waals surface area contributed by atoms with Crippen molar-refractivity contribution < 1.29 is 27.5 Å². The lowest BCUT2D eigenvalue weighted by Gasteiger charge is -2.14. The number of fused-ring (bicyclic) bond motifs is 1. The van der Waals surface area contributed by atoms with Crippen LogP contribution in [-0.4, -0.2) is 41.4 Å². The van der Waals surface area contributed by atoms with Crippen LogP contribution in [0.15, 0.2) is 101 Å². The molecule has 1 atom stereocenters. The van der Waals surface area contributed by atoms with E-state index in [1.165, 1.54) is 24.7 Å². The van der Waals surface area contributed by atoms with Crippen molar-refractivity contribution in [3.63, 3.8) is 0 Å². The molecule has 2 heterocycles. The molecular formula is C27H22N4O6S. The van der Waals surface area contributed by atoms with E-state index in [1.54, 1.807) is 48.5 Å². The van der Waals surface area contributed by atoms with Gasteiger partial charge in [-0.15, -0.1) is 0 Å². The van der Waals surface area contributed by atoms with Gasteiger partial charge < -0.3 is 19.8 Å². The van der Waals surface area contributed by atoms with Gasteiger partial charge in [-0.1, -0.05) is 42.5 Å². The fourth-order valence-electron chi connectivity index (χ4n) is 3.91. The van der Waals surface area contributed by atoms with Gasteiger partial charge in [0.15, 0.2) is 5.76 Å². The van der Waals surface area contributed by atoms with Crippen molar-refractivity contribution in [3.8, 4) is 11.1 Å². The molecule has 0 fully saturated rings. The maximum atomic E-state index is 12.8. The predicted octanol–water partition coefficient (Wildman–Crippen LogP) is 4.05. The number of nitrogens with zero attached hydrogens (tertiary/aromatic N) is 1. The standard InChI is InChI=1S/C27H22N4O6S/c32-26(25-13-19-3-1-2-4-24(19)37-25)30-20-9-5-17(6-10-20)18-7-11-22(12-8-18)38(35,36)31-23(27(33)34)14-21-15-28-16-29-21/h1-13,15-16,23,31H,14H2,(H,28,29)(H,30,32)(H,33,34)/t23-/m1/s1. The number of nitrogens with one attached hydrogen (secondary N) is 3. The minimum atomic E-state index is -4.08. The topological polar surface area (TPSA) is 154 Å². The number of carboxylic acid groups (broad SMARTS) is 1. The molecule has 1 amide bonds. The van der Waals surface area contributed by atoms with Gasteiger partial charge in [0.2, 0.25) is 10.0 Å². The highest BCUT2D eigenvalue weighted by atomic mass is 32.2. The van der Waals surface area contributed by atoms with Crippen LogP contribution < -0.4 is 10.0 Å². The number of anilines is 1. The minimum absolute atomic E-state index is 0.0631. The van der Waals surface area contributed by atoms with Crippen LogP contribution in [0.5, 0.6) is 0 Å². The van der Waals surface area contributed by atoms with Crippen molar-refractivity contribution in [1.29, 1.82) is 0 Å². The number of carbonyl (C=O) groups excluding carboxylic acids is 1. The number of H-pyrrole nitrogens is 1. The summed E-state index contributed by atoms with van der Waals surface area (Å²) in [6.07, 6.45) is 2.75. The number of furan rings is 1. The third kappa shape index (κ3) is 5.48. The van der Waals surface area contributed by atoms with Crippen molar-refractivity contribution in [2.75, 3.05) is 5.32 Å². The molecule has 11 heteroatoms. The first kappa shape index (κ1) is 24.9. The highest BCUT2D eigenvalue weighted by Gasteiger charge is 2.26. The van der Waals surface area contributed by atoms with Gasteiger partial charge in [0.05, 0.1) is 11.2 Å². The first-order chi connectivity index (χ1) is 18.3. The summed E-state index contributed by atoms with van der Waals surface area (Å²) in [5, 5.41) is 13.1. The minimum Gasteiger partial charge on any atom is -0.480 e. The maximum absolute atomic E-state index is 12.8. The Morgan fingerprint density at radius 1 is 0.974 bits per heavy atom. The third-order valence-electron chi connectivity index (χ3n) is 5.86. The molecule has 0 aliphatic heterocycles. The molecule has 10 nitrogen and oxygen atoms in total. The Morgan fingerprint density at radius 2 is 1.66 bits per heavy atom. The summed E-state index contributed by atoms with van der Waals surface area (Å²) < 4.78 is 33.4. The maximum Gasteiger partial charge on any atom is 0.322 e. The van der Waals surface area contributed by atoms with Crippen LogP contribution in [0.25, 0.3) is 22.1 Å². The van der Waals surface area contributed by atoms with Gasteiger partial charge in [-0.3, -0.25) is 9.59 Å². The first-order valence-electron chi connectivity index (χ1n) is 11.5. The molecule has 0 radical (unpaired) electrons. The van der Waals surface area contributed by atoms with E-state index in [0.717, 1.165) is 16.5 Å². The molecule has 192 valence electrons. The fraction of sp³-hybridized carbons (Fsp3) is 0.0741. The van der Waals surface area contributed by atoms with Crippen LogP contribution in [-0.2, 0) is 21.2 Å². The molecule has 5 rings (SSSR count). The summed E-state index contributed by atoms with van der Waals surface area (Å²) in [5.74, 6) is -1.47. The fourth-order valence-corrected chi connectivity index (χ4v) is 5.10. The summed E-state index contributed by atoms with van der Waals surface area (Å²) in [6.45, 7) is 0. The lowest BCUT2D eigenvalue weighted by atomic mass is 10.1. The number of aromatic nitrogens is 2. The van der Waals surface area contributed by atoms with E-state index < -0.39 is 22.0 Å². The second-order valence-corrected chi connectivity index (χ2v) is 10.2. The SMILES string of the molecule is O=C(Nc1ccc(-c2ccc(S(=O)(=O)N[C@H](Cc3cnc[nH]3)C(=O)O)cc2)cc1)c1cc2ccccc2o1. The normalized spacial score (nSPS) is 12.3. The Hall–Kier alpha value is -4.74. The molecule has 0 bridgehead atoms. The Bertz CT molecular complexity index is 1660. The molecule has 0 spiro atoms. The van der Waals surface area contributed by atoms with Crippen molar-refractivity contribution in [1.82, 2.24) is 14.7 Å². The van der Waals surface area contributed by atoms with E-state index in [-0.39, 0.29) is 23.0 Å². The Labute approximate surface area is 217 Å². The first-order valence-corrected chi connectivity index (χ1v) is 13.0. The highest BCUT2D eigenvalue weighted by molar-refractivity contribution is 7.89. The average molecular weight is 531 g/mol. The summed E-state index contributed by atoms with van der Waals surface area (Å²) in [7, 11) is -4.08. The second kappa shape index (κ2) is 10.3. The molecule has 0 unspecified atom stereocenters. The van der Waals surface area contributed by atoms with Gasteiger partial charge in [-0.05, 0) is 47.5 Å². The van der Waals surface area contributed by atoms with E-state index >= 15 is 0 Å². The smallest absolute Gasteiger partial charge is 0.322 e. The van der Waals surface area contributed by atoms with Gasteiger partial charge in [-0.2, -0.15) is 4.72 Å². The van der Waals surface area contributed by atoms with E-state index in [4.69, 9.17) is 4.42 Å². The Kier molecular flexibility index (Phi) is 6.77. The lowest BCUT2D eigenvalue weighted by Crippen LogP contribution is -2.42. The molecular weight excluding hydrogens is 508 g/mol. The number of benzene rings is 3. The highest BCUT2D eigenvalue weighted by Crippen LogP contribution is 2.24. The number of para-hydroxylation sites is 1. The molecule has 0 aliphatic carbocycles. The van der Waals surface area contributed by atoms with Crippen molar-refractivity contribution >= 4 is 38.6 Å². The summed E-state index contributed by atoms with van der Waals surface area (Å²) >= 11 is 0. The van der Waals surface area contributed by atoms with E-state index in [0.29, 0.717) is 17.0 Å². The number of imidazole rings is 1. The van der Waals surface area contributed by atoms with Gasteiger partial charge >= 0.3 is 5.97 Å². The molecule has 4 N–H and O–H groups in total. The molecule has 0 aliphatic rings. The van der Waals surface area contributed by atoms with Crippen molar-refractivity contribution in [2.45, 2.75) is 17.4 Å². The van der Waals surface area contributed by atoms with Gasteiger partial charge in [0.25, 0.3) is 5.91 Å². The second-order valence-electron chi connectivity index (χ2n) is 8.50. The Morgan fingerprint density at radius 3 is 2.29 bits per heavy atom. The van der Waals surface area contributed by atoms with Crippen LogP contribution >= 0.6 is 0 Å². The zero-order valence-electron chi connectivity index (χ0n) is 19.8.